The van der Waals surface area contributed by atoms with E-state index in [0.717, 1.165) is 0 Å². The van der Waals surface area contributed by atoms with Crippen LogP contribution < -0.4 is 0 Å². The Morgan fingerprint density at radius 1 is 1.20 bits per heavy atom. The Morgan fingerprint density at radius 3 is 2.60 bits per heavy atom. The van der Waals surface area contributed by atoms with Gasteiger partial charge in [-0.2, -0.15) is 0 Å². The molecule has 2 aromatic rings. The molecule has 3 rings (SSSR count). The number of rotatable bonds is 4. The maximum atomic E-state index is 12.0. The molecule has 25 heavy (non-hydrogen) atoms. The van der Waals surface area contributed by atoms with Gasteiger partial charge >= 0.3 is 11.9 Å². The summed E-state index contributed by atoms with van der Waals surface area (Å²) >= 11 is 6.10. The maximum Gasteiger partial charge on any atom is 0.363 e. The van der Waals surface area contributed by atoms with Gasteiger partial charge in [0.15, 0.2) is 5.70 Å². The molecule has 6 heteroatoms. The Morgan fingerprint density at radius 2 is 1.92 bits per heavy atom. The van der Waals surface area contributed by atoms with E-state index in [1.807, 2.05) is 0 Å². The number of esters is 2. The molecule has 0 radical (unpaired) electrons. The van der Waals surface area contributed by atoms with Crippen LogP contribution in [0.4, 0.5) is 0 Å². The van der Waals surface area contributed by atoms with E-state index in [1.54, 1.807) is 61.5 Å². The van der Waals surface area contributed by atoms with Crippen molar-refractivity contribution in [3.63, 3.8) is 0 Å². The first kappa shape index (κ1) is 16.9. The minimum absolute atomic E-state index is 0.166. The predicted octanol–water partition coefficient (Wildman–Crippen LogP) is 3.86. The molecule has 0 N–H and O–H groups in total. The number of halogens is 1. The lowest BCUT2D eigenvalue weighted by Crippen LogP contribution is -2.05. The van der Waals surface area contributed by atoms with Crippen molar-refractivity contribution in [1.82, 2.24) is 0 Å². The van der Waals surface area contributed by atoms with Gasteiger partial charge in [-0.15, -0.1) is 0 Å². The predicted molar refractivity (Wildman–Crippen MR) is 94.5 cm³/mol. The molecule has 0 amide bonds. The first-order valence-corrected chi connectivity index (χ1v) is 8.01. The minimum atomic E-state index is -0.551. The summed E-state index contributed by atoms with van der Waals surface area (Å²) in [6.07, 6.45) is 1.58. The summed E-state index contributed by atoms with van der Waals surface area (Å²) in [6.45, 7) is 2.06. The molecule has 0 spiro atoms. The third-order valence-corrected chi connectivity index (χ3v) is 3.78. The summed E-state index contributed by atoms with van der Waals surface area (Å²) in [7, 11) is 0. The molecule has 0 atom stereocenters. The monoisotopic (exact) mass is 355 g/mol. The average Bonchev–Trinajstić information content (AvgIpc) is 2.96. The van der Waals surface area contributed by atoms with Crippen LogP contribution in [-0.4, -0.2) is 24.4 Å². The first-order valence-electron chi connectivity index (χ1n) is 7.63. The second kappa shape index (κ2) is 7.32. The largest absolute Gasteiger partial charge is 0.462 e. The zero-order valence-corrected chi connectivity index (χ0v) is 14.1. The number of aliphatic imine (C=N–C) groups is 1. The average molecular weight is 356 g/mol. The number of benzene rings is 2. The summed E-state index contributed by atoms with van der Waals surface area (Å²) in [5.74, 6) is -0.768. The van der Waals surface area contributed by atoms with E-state index in [0.29, 0.717) is 28.3 Å². The van der Waals surface area contributed by atoms with Crippen LogP contribution in [0.15, 0.2) is 59.2 Å². The standard InChI is InChI=1S/C19H14ClNO4/c1-2-24-18(22)13-9-7-12(8-10-13)11-16-19(23)25-17(21-16)14-5-3-4-6-15(14)20/h3-11H,2H2,1H3/b16-11-. The lowest BCUT2D eigenvalue weighted by atomic mass is 10.1. The Balaban J connectivity index is 1.85. The molecule has 1 aliphatic heterocycles. The van der Waals surface area contributed by atoms with Crippen LogP contribution in [0.5, 0.6) is 0 Å². The highest BCUT2D eigenvalue weighted by molar-refractivity contribution is 6.34. The van der Waals surface area contributed by atoms with E-state index in [4.69, 9.17) is 21.1 Å². The minimum Gasteiger partial charge on any atom is -0.462 e. The maximum absolute atomic E-state index is 12.0. The SMILES string of the molecule is CCOC(=O)c1ccc(/C=C2\N=C(c3ccccc3Cl)OC2=O)cc1. The topological polar surface area (TPSA) is 65.0 Å². The normalized spacial score (nSPS) is 15.0. The molecule has 0 unspecified atom stereocenters. The van der Waals surface area contributed by atoms with Gasteiger partial charge in [-0.1, -0.05) is 35.9 Å². The van der Waals surface area contributed by atoms with Crippen molar-refractivity contribution < 1.29 is 19.1 Å². The van der Waals surface area contributed by atoms with Crippen molar-refractivity contribution in [2.24, 2.45) is 4.99 Å². The van der Waals surface area contributed by atoms with Crippen molar-refractivity contribution in [3.05, 3.63) is 75.9 Å². The van der Waals surface area contributed by atoms with Gasteiger partial charge in [0, 0.05) is 0 Å². The third kappa shape index (κ3) is 3.78. The van der Waals surface area contributed by atoms with Gasteiger partial charge in [-0.3, -0.25) is 0 Å². The lowest BCUT2D eigenvalue weighted by molar-refractivity contribution is -0.129. The zero-order valence-electron chi connectivity index (χ0n) is 13.4. The summed E-state index contributed by atoms with van der Waals surface area (Å²) < 4.78 is 10.1. The van der Waals surface area contributed by atoms with E-state index in [-0.39, 0.29) is 17.6 Å². The van der Waals surface area contributed by atoms with Crippen LogP contribution in [0.1, 0.15) is 28.4 Å². The molecule has 126 valence electrons. The molecular weight excluding hydrogens is 342 g/mol. The van der Waals surface area contributed by atoms with E-state index in [1.165, 1.54) is 0 Å². The van der Waals surface area contributed by atoms with E-state index < -0.39 is 5.97 Å². The third-order valence-electron chi connectivity index (χ3n) is 3.45. The fraction of sp³-hybridized carbons (Fsp3) is 0.105. The number of ether oxygens (including phenoxy) is 2. The second-order valence-corrected chi connectivity index (χ2v) is 5.57. The number of carbonyl (C=O) groups is 2. The van der Waals surface area contributed by atoms with Crippen LogP contribution >= 0.6 is 11.6 Å². The van der Waals surface area contributed by atoms with Crippen molar-refractivity contribution >= 4 is 35.5 Å². The Labute approximate surface area is 149 Å². The van der Waals surface area contributed by atoms with Crippen molar-refractivity contribution in [2.75, 3.05) is 6.61 Å². The van der Waals surface area contributed by atoms with Crippen LogP contribution in [0.25, 0.3) is 6.08 Å². The van der Waals surface area contributed by atoms with Crippen LogP contribution in [0, 0.1) is 0 Å². The Kier molecular flexibility index (Phi) is 4.95. The van der Waals surface area contributed by atoms with Crippen molar-refractivity contribution in [3.8, 4) is 0 Å². The molecule has 0 aliphatic carbocycles. The molecule has 1 aliphatic rings. The molecule has 0 bridgehead atoms. The number of hydrogen-bond donors (Lipinski definition) is 0. The Bertz CT molecular complexity index is 885. The van der Waals surface area contributed by atoms with Gasteiger partial charge in [-0.05, 0) is 42.8 Å². The van der Waals surface area contributed by atoms with E-state index in [2.05, 4.69) is 4.99 Å². The molecule has 5 nitrogen and oxygen atoms in total. The number of nitrogens with zero attached hydrogens (tertiary/aromatic N) is 1. The zero-order chi connectivity index (χ0) is 17.8. The highest BCUT2D eigenvalue weighted by atomic mass is 35.5. The molecule has 2 aromatic carbocycles. The molecule has 0 fully saturated rings. The van der Waals surface area contributed by atoms with Crippen LogP contribution in [0.2, 0.25) is 5.02 Å². The highest BCUT2D eigenvalue weighted by Gasteiger charge is 2.25. The van der Waals surface area contributed by atoms with Gasteiger partial charge in [-0.25, -0.2) is 14.6 Å². The number of hydrogen-bond acceptors (Lipinski definition) is 5. The van der Waals surface area contributed by atoms with E-state index in [9.17, 15) is 9.59 Å². The van der Waals surface area contributed by atoms with Crippen molar-refractivity contribution in [2.45, 2.75) is 6.92 Å². The smallest absolute Gasteiger partial charge is 0.363 e. The summed E-state index contributed by atoms with van der Waals surface area (Å²) in [4.78, 5) is 27.9. The van der Waals surface area contributed by atoms with Gasteiger partial charge in [0.25, 0.3) is 0 Å². The first-order chi connectivity index (χ1) is 12.1. The van der Waals surface area contributed by atoms with Gasteiger partial charge in [0.2, 0.25) is 5.90 Å². The fourth-order valence-corrected chi connectivity index (χ4v) is 2.46. The van der Waals surface area contributed by atoms with Gasteiger partial charge in [0.05, 0.1) is 22.8 Å². The number of cyclic esters (lactones) is 1. The summed E-state index contributed by atoms with van der Waals surface area (Å²) in [6, 6.07) is 13.7. The fourth-order valence-electron chi connectivity index (χ4n) is 2.25. The Hall–Kier alpha value is -2.92. The lowest BCUT2D eigenvalue weighted by Gasteiger charge is -2.01. The molecule has 0 saturated carbocycles. The molecule has 0 saturated heterocycles. The van der Waals surface area contributed by atoms with Gasteiger partial charge in [0.1, 0.15) is 0 Å². The summed E-state index contributed by atoms with van der Waals surface area (Å²) in [5, 5.41) is 0.453. The van der Waals surface area contributed by atoms with Gasteiger partial charge < -0.3 is 9.47 Å². The van der Waals surface area contributed by atoms with Crippen LogP contribution in [-0.2, 0) is 14.3 Å². The summed E-state index contributed by atoms with van der Waals surface area (Å²) in [5.41, 5.74) is 1.87. The highest BCUT2D eigenvalue weighted by Crippen LogP contribution is 2.23. The number of carbonyl (C=O) groups excluding carboxylic acids is 2. The molecular formula is C19H14ClNO4. The molecule has 0 aromatic heterocycles. The second-order valence-electron chi connectivity index (χ2n) is 5.16. The molecule has 1 heterocycles. The quantitative estimate of drug-likeness (QED) is 0.617. The van der Waals surface area contributed by atoms with Crippen molar-refractivity contribution in [1.29, 1.82) is 0 Å². The van der Waals surface area contributed by atoms with E-state index >= 15 is 0 Å². The van der Waals surface area contributed by atoms with Crippen LogP contribution in [0.3, 0.4) is 0 Å².